The van der Waals surface area contributed by atoms with E-state index < -0.39 is 0 Å². The van der Waals surface area contributed by atoms with E-state index in [0.29, 0.717) is 12.6 Å². The first kappa shape index (κ1) is 11.5. The molecule has 1 heterocycles. The minimum atomic E-state index is 0.637. The fourth-order valence-corrected chi connectivity index (χ4v) is 2.55. The first-order chi connectivity index (χ1) is 7.63. The van der Waals surface area contributed by atoms with Crippen LogP contribution >= 0.6 is 0 Å². The van der Waals surface area contributed by atoms with Gasteiger partial charge in [0, 0.05) is 24.8 Å². The molecule has 1 aliphatic heterocycles. The van der Waals surface area contributed by atoms with Gasteiger partial charge in [0.2, 0.25) is 0 Å². The average Bonchev–Trinajstić information content (AvgIpc) is 2.60. The van der Waals surface area contributed by atoms with Crippen molar-refractivity contribution in [1.29, 1.82) is 0 Å². The van der Waals surface area contributed by atoms with E-state index >= 15 is 0 Å². The van der Waals surface area contributed by atoms with Crippen molar-refractivity contribution in [1.82, 2.24) is 0 Å². The summed E-state index contributed by atoms with van der Waals surface area (Å²) >= 11 is 0. The number of benzene rings is 1. The minimum Gasteiger partial charge on any atom is -0.369 e. The summed E-state index contributed by atoms with van der Waals surface area (Å²) in [4.78, 5) is 2.51. The summed E-state index contributed by atoms with van der Waals surface area (Å²) in [6.45, 7) is 8.63. The summed E-state index contributed by atoms with van der Waals surface area (Å²) in [5.41, 5.74) is 9.61. The maximum absolute atomic E-state index is 5.69. The predicted molar refractivity (Wildman–Crippen MR) is 69.7 cm³/mol. The molecule has 88 valence electrons. The van der Waals surface area contributed by atoms with Crippen LogP contribution in [-0.4, -0.2) is 12.6 Å². The molecule has 0 radical (unpaired) electrons. The Balaban J connectivity index is 2.25. The first-order valence-electron chi connectivity index (χ1n) is 6.19. The number of aryl methyl sites for hydroxylation is 1. The zero-order valence-corrected chi connectivity index (χ0v) is 10.5. The van der Waals surface area contributed by atoms with Crippen molar-refractivity contribution in [2.24, 2.45) is 11.7 Å². The summed E-state index contributed by atoms with van der Waals surface area (Å²) in [5.74, 6) is 0.800. The van der Waals surface area contributed by atoms with Crippen LogP contribution in [0.4, 0.5) is 5.69 Å². The zero-order valence-electron chi connectivity index (χ0n) is 10.5. The van der Waals surface area contributed by atoms with Gasteiger partial charge >= 0.3 is 0 Å². The van der Waals surface area contributed by atoms with E-state index in [-0.39, 0.29) is 0 Å². The molecular formula is C14H22N2. The van der Waals surface area contributed by atoms with Gasteiger partial charge in [-0.25, -0.2) is 0 Å². The van der Waals surface area contributed by atoms with Gasteiger partial charge in [-0.05, 0) is 49.4 Å². The number of anilines is 1. The topological polar surface area (TPSA) is 29.3 Å². The third kappa shape index (κ3) is 1.94. The fourth-order valence-electron chi connectivity index (χ4n) is 2.55. The van der Waals surface area contributed by atoms with Crippen LogP contribution in [0.3, 0.4) is 0 Å². The van der Waals surface area contributed by atoms with E-state index in [1.54, 1.807) is 0 Å². The summed E-state index contributed by atoms with van der Waals surface area (Å²) < 4.78 is 0. The number of nitrogens with two attached hydrogens (primary N) is 1. The van der Waals surface area contributed by atoms with Crippen LogP contribution < -0.4 is 10.6 Å². The number of nitrogens with zero attached hydrogens (tertiary/aromatic N) is 1. The van der Waals surface area contributed by atoms with Crippen LogP contribution in [0.5, 0.6) is 0 Å². The maximum atomic E-state index is 5.69. The Kier molecular flexibility index (Phi) is 3.20. The molecule has 2 atom stereocenters. The van der Waals surface area contributed by atoms with Gasteiger partial charge in [-0.15, -0.1) is 0 Å². The highest BCUT2D eigenvalue weighted by atomic mass is 15.2. The summed E-state index contributed by atoms with van der Waals surface area (Å²) in [6, 6.07) is 7.31. The predicted octanol–water partition coefficient (Wildman–Crippen LogP) is 2.69. The standard InChI is InChI=1S/C14H22N2/c1-10-6-7-16(12(10)3)14-5-4-13(9-15)11(2)8-14/h4-5,8,10,12H,6-7,9,15H2,1-3H3/t10-,12+/m1/s1. The highest BCUT2D eigenvalue weighted by molar-refractivity contribution is 5.52. The van der Waals surface area contributed by atoms with Crippen molar-refractivity contribution in [3.63, 3.8) is 0 Å². The Morgan fingerprint density at radius 3 is 2.62 bits per heavy atom. The molecule has 1 aromatic rings. The molecule has 1 fully saturated rings. The van der Waals surface area contributed by atoms with Gasteiger partial charge < -0.3 is 10.6 Å². The molecule has 1 saturated heterocycles. The normalized spacial score (nSPS) is 25.1. The maximum Gasteiger partial charge on any atom is 0.0371 e. The van der Waals surface area contributed by atoms with Crippen LogP contribution in [0.25, 0.3) is 0 Å². The third-order valence-electron chi connectivity index (χ3n) is 4.02. The van der Waals surface area contributed by atoms with Crippen LogP contribution in [0, 0.1) is 12.8 Å². The molecule has 2 heteroatoms. The van der Waals surface area contributed by atoms with Gasteiger partial charge in [-0.3, -0.25) is 0 Å². The van der Waals surface area contributed by atoms with Gasteiger partial charge in [-0.1, -0.05) is 13.0 Å². The van der Waals surface area contributed by atoms with Crippen molar-refractivity contribution in [2.45, 2.75) is 39.8 Å². The molecule has 0 bridgehead atoms. The lowest BCUT2D eigenvalue weighted by Crippen LogP contribution is -2.29. The Hall–Kier alpha value is -1.02. The first-order valence-corrected chi connectivity index (χ1v) is 6.19. The number of hydrogen-bond donors (Lipinski definition) is 1. The lowest BCUT2D eigenvalue weighted by atomic mass is 10.0. The Morgan fingerprint density at radius 1 is 1.38 bits per heavy atom. The van der Waals surface area contributed by atoms with Crippen LogP contribution in [-0.2, 0) is 6.54 Å². The molecular weight excluding hydrogens is 196 g/mol. The van der Waals surface area contributed by atoms with Crippen molar-refractivity contribution in [3.05, 3.63) is 29.3 Å². The Morgan fingerprint density at radius 2 is 2.12 bits per heavy atom. The summed E-state index contributed by atoms with van der Waals surface area (Å²) in [7, 11) is 0. The average molecular weight is 218 g/mol. The minimum absolute atomic E-state index is 0.637. The molecule has 2 N–H and O–H groups in total. The molecule has 2 nitrogen and oxygen atoms in total. The lowest BCUT2D eigenvalue weighted by Gasteiger charge is -2.26. The van der Waals surface area contributed by atoms with Crippen molar-refractivity contribution in [2.75, 3.05) is 11.4 Å². The molecule has 16 heavy (non-hydrogen) atoms. The molecule has 0 unspecified atom stereocenters. The molecule has 1 aliphatic rings. The van der Waals surface area contributed by atoms with Gasteiger partial charge in [0.25, 0.3) is 0 Å². The molecule has 0 aliphatic carbocycles. The van der Waals surface area contributed by atoms with Crippen LogP contribution in [0.1, 0.15) is 31.4 Å². The van der Waals surface area contributed by atoms with E-state index in [4.69, 9.17) is 5.73 Å². The molecule has 1 aromatic carbocycles. The third-order valence-corrected chi connectivity index (χ3v) is 4.02. The van der Waals surface area contributed by atoms with Crippen molar-refractivity contribution in [3.8, 4) is 0 Å². The fraction of sp³-hybridized carbons (Fsp3) is 0.571. The largest absolute Gasteiger partial charge is 0.369 e. The molecule has 0 aromatic heterocycles. The Labute approximate surface area is 98.4 Å². The number of rotatable bonds is 2. The van der Waals surface area contributed by atoms with E-state index in [2.05, 4.69) is 43.9 Å². The van der Waals surface area contributed by atoms with Crippen molar-refractivity contribution < 1.29 is 0 Å². The van der Waals surface area contributed by atoms with E-state index in [0.717, 1.165) is 5.92 Å². The summed E-state index contributed by atoms with van der Waals surface area (Å²) in [5, 5.41) is 0. The quantitative estimate of drug-likeness (QED) is 0.827. The van der Waals surface area contributed by atoms with Crippen LogP contribution in [0.15, 0.2) is 18.2 Å². The molecule has 0 saturated carbocycles. The van der Waals surface area contributed by atoms with E-state index in [1.165, 1.54) is 29.8 Å². The monoisotopic (exact) mass is 218 g/mol. The highest BCUT2D eigenvalue weighted by Gasteiger charge is 2.27. The second-order valence-electron chi connectivity index (χ2n) is 5.01. The van der Waals surface area contributed by atoms with Gasteiger partial charge in [0.15, 0.2) is 0 Å². The van der Waals surface area contributed by atoms with Gasteiger partial charge in [0.05, 0.1) is 0 Å². The van der Waals surface area contributed by atoms with Crippen LogP contribution in [0.2, 0.25) is 0 Å². The molecule has 2 rings (SSSR count). The Bertz CT molecular complexity index is 373. The van der Waals surface area contributed by atoms with E-state index in [1.807, 2.05) is 0 Å². The summed E-state index contributed by atoms with van der Waals surface area (Å²) in [6.07, 6.45) is 1.30. The van der Waals surface area contributed by atoms with Gasteiger partial charge in [0.1, 0.15) is 0 Å². The smallest absolute Gasteiger partial charge is 0.0371 e. The number of hydrogen-bond acceptors (Lipinski definition) is 2. The van der Waals surface area contributed by atoms with Gasteiger partial charge in [-0.2, -0.15) is 0 Å². The molecule has 0 amide bonds. The molecule has 0 spiro atoms. The van der Waals surface area contributed by atoms with E-state index in [9.17, 15) is 0 Å². The SMILES string of the molecule is Cc1cc(N2CC[C@@H](C)[C@@H]2C)ccc1CN. The second-order valence-corrected chi connectivity index (χ2v) is 5.01. The second kappa shape index (κ2) is 4.46. The zero-order chi connectivity index (χ0) is 11.7. The van der Waals surface area contributed by atoms with Crippen molar-refractivity contribution >= 4 is 5.69 Å². The lowest BCUT2D eigenvalue weighted by molar-refractivity contribution is 0.546. The highest BCUT2D eigenvalue weighted by Crippen LogP contribution is 2.30.